The Hall–Kier alpha value is -0.940. The van der Waals surface area contributed by atoms with Gasteiger partial charge in [-0.25, -0.2) is 0 Å². The second-order valence-corrected chi connectivity index (χ2v) is 5.97. The van der Waals surface area contributed by atoms with Crippen molar-refractivity contribution in [2.45, 2.75) is 45.7 Å². The quantitative estimate of drug-likeness (QED) is 0.368. The zero-order chi connectivity index (χ0) is 15.8. The fourth-order valence-electron chi connectivity index (χ4n) is 2.54. The van der Waals surface area contributed by atoms with Crippen molar-refractivity contribution < 1.29 is 14.1 Å². The molecule has 0 aromatic rings. The Bertz CT molecular complexity index is 305. The smallest absolute Gasteiger partial charge is 0.219 e. The van der Waals surface area contributed by atoms with E-state index in [1.54, 1.807) is 18.9 Å². The summed E-state index contributed by atoms with van der Waals surface area (Å²) in [5, 5.41) is 3.29. The van der Waals surface area contributed by atoms with E-state index < -0.39 is 0 Å². The minimum absolute atomic E-state index is 0.0157. The van der Waals surface area contributed by atoms with Crippen molar-refractivity contribution in [1.29, 1.82) is 0 Å². The molecule has 5 nitrogen and oxygen atoms in total. The van der Waals surface area contributed by atoms with Gasteiger partial charge in [0, 0.05) is 20.5 Å². The van der Waals surface area contributed by atoms with E-state index in [9.17, 15) is 9.59 Å². The van der Waals surface area contributed by atoms with E-state index >= 15 is 0 Å². The summed E-state index contributed by atoms with van der Waals surface area (Å²) in [7, 11) is 5.92. The molecule has 1 N–H and O–H groups in total. The van der Waals surface area contributed by atoms with E-state index in [0.29, 0.717) is 4.48 Å². The van der Waals surface area contributed by atoms with Gasteiger partial charge in [-0.15, -0.1) is 0 Å². The van der Waals surface area contributed by atoms with Gasteiger partial charge in [0.15, 0.2) is 12.3 Å². The number of amides is 1. The third kappa shape index (κ3) is 5.59. The number of hydrogen-bond donors (Lipinski definition) is 1. The van der Waals surface area contributed by atoms with Crippen LogP contribution in [0.3, 0.4) is 0 Å². The molecule has 0 aliphatic carbocycles. The number of likely N-dealkylation sites (N-methyl/N-ethyl adjacent to an activating group) is 3. The molecule has 0 radical (unpaired) electrons. The highest BCUT2D eigenvalue weighted by molar-refractivity contribution is 5.74. The predicted molar refractivity (Wildman–Crippen MR) is 82.5 cm³/mol. The summed E-state index contributed by atoms with van der Waals surface area (Å²) in [5.41, 5.74) is 0. The van der Waals surface area contributed by atoms with Crippen LogP contribution in [0.4, 0.5) is 0 Å². The van der Waals surface area contributed by atoms with E-state index in [1.807, 2.05) is 0 Å². The Kier molecular flexibility index (Phi) is 8.65. The summed E-state index contributed by atoms with van der Waals surface area (Å²) in [6.07, 6.45) is 2.83. The van der Waals surface area contributed by atoms with Crippen molar-refractivity contribution in [3.8, 4) is 0 Å². The molecule has 0 rings (SSSR count). The zero-order valence-electron chi connectivity index (χ0n) is 14.0. The summed E-state index contributed by atoms with van der Waals surface area (Å²) in [4.78, 5) is 25.0. The second kappa shape index (κ2) is 9.08. The zero-order valence-corrected chi connectivity index (χ0v) is 14.0. The van der Waals surface area contributed by atoms with Crippen LogP contribution in [0.1, 0.15) is 33.6 Å². The van der Waals surface area contributed by atoms with Gasteiger partial charge in [0.2, 0.25) is 5.91 Å². The first-order valence-electron chi connectivity index (χ1n) is 7.53. The summed E-state index contributed by atoms with van der Waals surface area (Å²) in [5.74, 6) is 0.0157. The van der Waals surface area contributed by atoms with Gasteiger partial charge < -0.3 is 14.7 Å². The van der Waals surface area contributed by atoms with Crippen LogP contribution in [-0.2, 0) is 9.59 Å². The number of aldehydes is 1. The second-order valence-electron chi connectivity index (χ2n) is 5.97. The van der Waals surface area contributed by atoms with Gasteiger partial charge in [0.25, 0.3) is 0 Å². The molecule has 0 aliphatic heterocycles. The standard InChI is InChI=1S/C15H32N3O2/c1-7-9-14(17(4)13(3)20)15(12-19)18(5,6)11-10-16-8-2/h12,14-16H,7-11H2,1-6H3/q+1. The molecule has 20 heavy (non-hydrogen) atoms. The van der Waals surface area contributed by atoms with Crippen LogP contribution in [0.15, 0.2) is 0 Å². The van der Waals surface area contributed by atoms with E-state index in [1.165, 1.54) is 0 Å². The minimum Gasteiger partial charge on any atom is -0.337 e. The molecule has 118 valence electrons. The normalized spacial score (nSPS) is 14.7. The monoisotopic (exact) mass is 286 g/mol. The van der Waals surface area contributed by atoms with Crippen LogP contribution < -0.4 is 5.32 Å². The van der Waals surface area contributed by atoms with Gasteiger partial charge in [-0.1, -0.05) is 20.3 Å². The largest absolute Gasteiger partial charge is 0.337 e. The number of quaternary nitrogens is 1. The molecule has 0 saturated heterocycles. The molecule has 5 heteroatoms. The maximum atomic E-state index is 11.7. The van der Waals surface area contributed by atoms with Crippen molar-refractivity contribution in [2.24, 2.45) is 0 Å². The maximum absolute atomic E-state index is 11.7. The summed E-state index contributed by atoms with van der Waals surface area (Å²) < 4.78 is 0.596. The minimum atomic E-state index is -0.192. The average Bonchev–Trinajstić information content (AvgIpc) is 2.37. The maximum Gasteiger partial charge on any atom is 0.219 e. The summed E-state index contributed by atoms with van der Waals surface area (Å²) in [6.45, 7) is 8.38. The van der Waals surface area contributed by atoms with Gasteiger partial charge in [-0.3, -0.25) is 9.59 Å². The third-order valence-corrected chi connectivity index (χ3v) is 4.03. The lowest BCUT2D eigenvalue weighted by atomic mass is 9.99. The molecule has 0 aromatic heterocycles. The highest BCUT2D eigenvalue weighted by Crippen LogP contribution is 2.18. The molecule has 2 atom stereocenters. The van der Waals surface area contributed by atoms with E-state index in [0.717, 1.165) is 38.8 Å². The molecule has 0 bridgehead atoms. The first-order valence-corrected chi connectivity index (χ1v) is 7.53. The number of carbonyl (C=O) groups is 2. The third-order valence-electron chi connectivity index (χ3n) is 4.03. The Morgan fingerprint density at radius 1 is 1.35 bits per heavy atom. The van der Waals surface area contributed by atoms with Crippen LogP contribution in [-0.4, -0.2) is 74.4 Å². The van der Waals surface area contributed by atoms with Crippen LogP contribution in [0.2, 0.25) is 0 Å². The number of nitrogens with one attached hydrogen (secondary N) is 1. The van der Waals surface area contributed by atoms with Gasteiger partial charge in [0.05, 0.1) is 26.7 Å². The first kappa shape index (κ1) is 19.1. The van der Waals surface area contributed by atoms with Crippen molar-refractivity contribution in [2.75, 3.05) is 40.8 Å². The number of hydrogen-bond acceptors (Lipinski definition) is 3. The Labute approximate surface area is 123 Å². The van der Waals surface area contributed by atoms with Gasteiger partial charge in [-0.05, 0) is 13.0 Å². The summed E-state index contributed by atoms with van der Waals surface area (Å²) >= 11 is 0. The molecule has 2 unspecified atom stereocenters. The number of carbonyl (C=O) groups excluding carboxylic acids is 2. The molecular weight excluding hydrogens is 254 g/mol. The number of rotatable bonds is 10. The van der Waals surface area contributed by atoms with Crippen LogP contribution >= 0.6 is 0 Å². The van der Waals surface area contributed by atoms with Crippen molar-refractivity contribution in [3.05, 3.63) is 0 Å². The molecule has 1 amide bonds. The van der Waals surface area contributed by atoms with E-state index in [4.69, 9.17) is 0 Å². The Balaban J connectivity index is 5.04. The Morgan fingerprint density at radius 3 is 2.35 bits per heavy atom. The van der Waals surface area contributed by atoms with Gasteiger partial charge in [0.1, 0.15) is 0 Å². The lowest BCUT2D eigenvalue weighted by Gasteiger charge is -2.42. The highest BCUT2D eigenvalue weighted by Gasteiger charge is 2.37. The predicted octanol–water partition coefficient (Wildman–Crippen LogP) is 0.887. The molecule has 0 heterocycles. The molecule has 0 saturated carbocycles. The molecule has 0 aliphatic rings. The highest BCUT2D eigenvalue weighted by atomic mass is 16.2. The fraction of sp³-hybridized carbons (Fsp3) is 0.867. The number of nitrogens with zero attached hydrogens (tertiary/aromatic N) is 2. The van der Waals surface area contributed by atoms with Crippen LogP contribution in [0, 0.1) is 0 Å². The van der Waals surface area contributed by atoms with Crippen LogP contribution in [0.5, 0.6) is 0 Å². The van der Waals surface area contributed by atoms with Crippen LogP contribution in [0.25, 0.3) is 0 Å². The van der Waals surface area contributed by atoms with Gasteiger partial charge >= 0.3 is 0 Å². The SMILES string of the molecule is CCCC(C(C=O)[N+](C)(C)CCNCC)N(C)C(C)=O. The lowest BCUT2D eigenvalue weighted by Crippen LogP contribution is -2.61. The van der Waals surface area contributed by atoms with E-state index in [2.05, 4.69) is 33.3 Å². The van der Waals surface area contributed by atoms with Crippen molar-refractivity contribution in [1.82, 2.24) is 10.2 Å². The lowest BCUT2D eigenvalue weighted by molar-refractivity contribution is -0.906. The first-order chi connectivity index (χ1) is 9.31. The molecule has 0 aromatic carbocycles. The molecule has 0 spiro atoms. The van der Waals surface area contributed by atoms with Gasteiger partial charge in [-0.2, -0.15) is 0 Å². The van der Waals surface area contributed by atoms with Crippen molar-refractivity contribution >= 4 is 12.2 Å². The average molecular weight is 286 g/mol. The fourth-order valence-corrected chi connectivity index (χ4v) is 2.54. The van der Waals surface area contributed by atoms with Crippen molar-refractivity contribution in [3.63, 3.8) is 0 Å². The summed E-state index contributed by atoms with van der Waals surface area (Å²) in [6, 6.07) is -0.228. The molecular formula is C15H32N3O2+. The topological polar surface area (TPSA) is 49.4 Å². The Morgan fingerprint density at radius 2 is 1.95 bits per heavy atom. The van der Waals surface area contributed by atoms with E-state index in [-0.39, 0.29) is 18.0 Å². The molecule has 0 fully saturated rings.